The second-order valence-corrected chi connectivity index (χ2v) is 6.49. The zero-order chi connectivity index (χ0) is 18.4. The van der Waals surface area contributed by atoms with Crippen molar-refractivity contribution < 1.29 is 9.21 Å². The van der Waals surface area contributed by atoms with Gasteiger partial charge in [-0.05, 0) is 36.8 Å². The van der Waals surface area contributed by atoms with Crippen molar-refractivity contribution >= 4 is 47.4 Å². The smallest absolute Gasteiger partial charge is 0.289 e. The van der Waals surface area contributed by atoms with Crippen LogP contribution in [0.3, 0.4) is 0 Å². The molecule has 27 heavy (non-hydrogen) atoms. The summed E-state index contributed by atoms with van der Waals surface area (Å²) in [5.41, 5.74) is 1.07. The highest BCUT2D eigenvalue weighted by atomic mass is 127. The molecule has 0 radical (unpaired) electrons. The number of furan rings is 1. The van der Waals surface area contributed by atoms with Gasteiger partial charge in [-0.3, -0.25) is 4.79 Å². The molecule has 0 unspecified atom stereocenters. The first-order valence-corrected chi connectivity index (χ1v) is 9.15. The van der Waals surface area contributed by atoms with Crippen molar-refractivity contribution in [2.45, 2.75) is 13.5 Å². The van der Waals surface area contributed by atoms with Crippen molar-refractivity contribution in [2.24, 2.45) is 4.99 Å². The van der Waals surface area contributed by atoms with Crippen molar-refractivity contribution in [2.75, 3.05) is 32.7 Å². The molecular formula is C19H24ClIN4O2. The molecule has 0 aliphatic carbocycles. The number of hydrogen-bond donors (Lipinski definition) is 1. The highest BCUT2D eigenvalue weighted by Gasteiger charge is 2.25. The maximum Gasteiger partial charge on any atom is 0.289 e. The van der Waals surface area contributed by atoms with Crippen LogP contribution in [0.1, 0.15) is 23.0 Å². The van der Waals surface area contributed by atoms with Gasteiger partial charge in [0.05, 0.1) is 12.8 Å². The first-order valence-electron chi connectivity index (χ1n) is 8.78. The number of benzene rings is 1. The Bertz CT molecular complexity index is 759. The third-order valence-corrected chi connectivity index (χ3v) is 4.47. The Morgan fingerprint density at radius 3 is 2.56 bits per heavy atom. The summed E-state index contributed by atoms with van der Waals surface area (Å²) in [6.07, 6.45) is 1.52. The zero-order valence-electron chi connectivity index (χ0n) is 15.2. The van der Waals surface area contributed by atoms with Gasteiger partial charge in [-0.2, -0.15) is 0 Å². The van der Waals surface area contributed by atoms with Gasteiger partial charge in [0.25, 0.3) is 5.91 Å². The SMILES string of the molecule is CCNC(=NCc1cccc(Cl)c1)N1CCN(C(=O)c2ccco2)CC1.I. The Morgan fingerprint density at radius 1 is 1.19 bits per heavy atom. The molecule has 146 valence electrons. The van der Waals surface area contributed by atoms with E-state index >= 15 is 0 Å². The van der Waals surface area contributed by atoms with Crippen molar-refractivity contribution in [3.05, 3.63) is 59.0 Å². The van der Waals surface area contributed by atoms with Crippen LogP contribution < -0.4 is 5.32 Å². The second kappa shape index (κ2) is 10.6. The monoisotopic (exact) mass is 502 g/mol. The maximum atomic E-state index is 12.4. The molecule has 3 rings (SSSR count). The van der Waals surface area contributed by atoms with Gasteiger partial charge in [-0.25, -0.2) is 4.99 Å². The molecule has 2 aromatic rings. The van der Waals surface area contributed by atoms with Crippen molar-refractivity contribution in [3.8, 4) is 0 Å². The van der Waals surface area contributed by atoms with Crippen LogP contribution in [0, 0.1) is 0 Å². The lowest BCUT2D eigenvalue weighted by Gasteiger charge is -2.36. The Balaban J connectivity index is 0.00000261. The standard InChI is InChI=1S/C19H23ClN4O2.HI/c1-2-21-19(22-14-15-5-3-6-16(20)13-15)24-10-8-23(9-11-24)18(25)17-7-4-12-26-17;/h3-7,12-13H,2,8-11,14H2,1H3,(H,21,22);1H. The number of halogens is 2. The second-order valence-electron chi connectivity index (χ2n) is 6.06. The Kier molecular flexibility index (Phi) is 8.43. The third-order valence-electron chi connectivity index (χ3n) is 4.23. The van der Waals surface area contributed by atoms with Gasteiger partial charge in [-0.1, -0.05) is 23.7 Å². The van der Waals surface area contributed by atoms with Gasteiger partial charge in [-0.15, -0.1) is 24.0 Å². The van der Waals surface area contributed by atoms with Crippen LogP contribution >= 0.6 is 35.6 Å². The third kappa shape index (κ3) is 5.87. The number of carbonyl (C=O) groups excluding carboxylic acids is 1. The Morgan fingerprint density at radius 2 is 1.93 bits per heavy atom. The lowest BCUT2D eigenvalue weighted by Crippen LogP contribution is -2.53. The lowest BCUT2D eigenvalue weighted by molar-refractivity contribution is 0.0657. The van der Waals surface area contributed by atoms with Gasteiger partial charge in [0.15, 0.2) is 11.7 Å². The van der Waals surface area contributed by atoms with Gasteiger partial charge in [0.2, 0.25) is 0 Å². The predicted octanol–water partition coefficient (Wildman–Crippen LogP) is 3.47. The molecule has 1 aromatic carbocycles. The molecule has 1 aromatic heterocycles. The Labute approximate surface area is 181 Å². The first-order chi connectivity index (χ1) is 12.7. The van der Waals surface area contributed by atoms with Crippen LogP contribution in [0.4, 0.5) is 0 Å². The average molecular weight is 503 g/mol. The van der Waals surface area contributed by atoms with E-state index in [2.05, 4.69) is 10.2 Å². The predicted molar refractivity (Wildman–Crippen MR) is 118 cm³/mol. The summed E-state index contributed by atoms with van der Waals surface area (Å²) in [7, 11) is 0. The summed E-state index contributed by atoms with van der Waals surface area (Å²) in [6, 6.07) is 11.2. The molecule has 1 aliphatic rings. The molecule has 2 heterocycles. The average Bonchev–Trinajstić information content (AvgIpc) is 3.19. The van der Waals surface area contributed by atoms with Crippen LogP contribution in [0.15, 0.2) is 52.1 Å². The van der Waals surface area contributed by atoms with Gasteiger partial charge >= 0.3 is 0 Å². The van der Waals surface area contributed by atoms with E-state index in [0.29, 0.717) is 30.4 Å². The fourth-order valence-corrected chi connectivity index (χ4v) is 3.12. The van der Waals surface area contributed by atoms with E-state index in [1.165, 1.54) is 6.26 Å². The van der Waals surface area contributed by atoms with Crippen LogP contribution in [0.5, 0.6) is 0 Å². The lowest BCUT2D eigenvalue weighted by atomic mass is 10.2. The van der Waals surface area contributed by atoms with E-state index < -0.39 is 0 Å². The van der Waals surface area contributed by atoms with Crippen molar-refractivity contribution in [1.82, 2.24) is 15.1 Å². The highest BCUT2D eigenvalue weighted by molar-refractivity contribution is 14.0. The minimum atomic E-state index is -0.0597. The molecule has 1 fully saturated rings. The number of nitrogens with one attached hydrogen (secondary N) is 1. The quantitative estimate of drug-likeness (QED) is 0.395. The van der Waals surface area contributed by atoms with E-state index in [1.54, 1.807) is 12.1 Å². The topological polar surface area (TPSA) is 61.1 Å². The van der Waals surface area contributed by atoms with E-state index in [-0.39, 0.29) is 29.9 Å². The van der Waals surface area contributed by atoms with Crippen LogP contribution in [0.25, 0.3) is 0 Å². The van der Waals surface area contributed by atoms with Gasteiger partial charge in [0, 0.05) is 37.7 Å². The minimum Gasteiger partial charge on any atom is -0.459 e. The van der Waals surface area contributed by atoms with Crippen LogP contribution in [-0.4, -0.2) is 54.4 Å². The molecule has 1 N–H and O–H groups in total. The normalized spacial score (nSPS) is 14.7. The number of guanidine groups is 1. The van der Waals surface area contributed by atoms with E-state index in [9.17, 15) is 4.79 Å². The molecule has 0 bridgehead atoms. The molecule has 0 atom stereocenters. The molecule has 1 saturated heterocycles. The van der Waals surface area contributed by atoms with Crippen LogP contribution in [0.2, 0.25) is 5.02 Å². The summed E-state index contributed by atoms with van der Waals surface area (Å²) >= 11 is 6.04. The molecule has 1 aliphatic heterocycles. The van der Waals surface area contributed by atoms with Crippen molar-refractivity contribution in [3.63, 3.8) is 0 Å². The summed E-state index contributed by atoms with van der Waals surface area (Å²) in [5, 5.41) is 4.05. The molecule has 1 amide bonds. The molecule has 8 heteroatoms. The van der Waals surface area contributed by atoms with E-state index in [4.69, 9.17) is 21.0 Å². The molecule has 0 saturated carbocycles. The fraction of sp³-hybridized carbons (Fsp3) is 0.368. The molecule has 0 spiro atoms. The summed E-state index contributed by atoms with van der Waals surface area (Å²) in [5.74, 6) is 1.19. The summed E-state index contributed by atoms with van der Waals surface area (Å²) in [4.78, 5) is 21.1. The Hall–Kier alpha value is -1.74. The van der Waals surface area contributed by atoms with Crippen LogP contribution in [-0.2, 0) is 6.54 Å². The number of amides is 1. The molecule has 6 nitrogen and oxygen atoms in total. The number of hydrogen-bond acceptors (Lipinski definition) is 3. The number of carbonyl (C=O) groups is 1. The van der Waals surface area contributed by atoms with E-state index in [0.717, 1.165) is 31.2 Å². The fourth-order valence-electron chi connectivity index (χ4n) is 2.90. The number of rotatable bonds is 4. The molecular weight excluding hydrogens is 479 g/mol. The summed E-state index contributed by atoms with van der Waals surface area (Å²) < 4.78 is 5.21. The summed E-state index contributed by atoms with van der Waals surface area (Å²) in [6.45, 7) is 6.14. The van der Waals surface area contributed by atoms with E-state index in [1.807, 2.05) is 36.1 Å². The van der Waals surface area contributed by atoms with Gasteiger partial charge in [0.1, 0.15) is 0 Å². The first kappa shape index (κ1) is 21.6. The van der Waals surface area contributed by atoms with Crippen molar-refractivity contribution in [1.29, 1.82) is 0 Å². The largest absolute Gasteiger partial charge is 0.459 e. The number of nitrogens with zero attached hydrogens (tertiary/aromatic N) is 3. The minimum absolute atomic E-state index is 0. The maximum absolute atomic E-state index is 12.4. The number of piperazine rings is 1. The number of aliphatic imine (C=N–C) groups is 1. The zero-order valence-corrected chi connectivity index (χ0v) is 18.3. The van der Waals surface area contributed by atoms with Gasteiger partial charge < -0.3 is 19.5 Å². The highest BCUT2D eigenvalue weighted by Crippen LogP contribution is 2.13.